The number of morpholine rings is 1. The van der Waals surface area contributed by atoms with Crippen molar-refractivity contribution in [2.24, 2.45) is 0 Å². The van der Waals surface area contributed by atoms with Crippen molar-refractivity contribution in [2.75, 3.05) is 49.7 Å². The smallest absolute Gasteiger partial charge is 0.306 e. The predicted octanol–water partition coefficient (Wildman–Crippen LogP) is 3.63. The van der Waals surface area contributed by atoms with Crippen LogP contribution in [0.3, 0.4) is 0 Å². The predicted molar refractivity (Wildman–Crippen MR) is 118 cm³/mol. The molecule has 1 aliphatic rings. The number of hydrogen-bond acceptors (Lipinski definition) is 6. The number of carbonyl (C=O) groups excluding carboxylic acids is 2. The number of nitrogens with one attached hydrogen (secondary N) is 1. The molecule has 7 nitrogen and oxygen atoms in total. The van der Waals surface area contributed by atoms with Gasteiger partial charge in [-0.2, -0.15) is 0 Å². The lowest BCUT2D eigenvalue weighted by atomic mass is 10.2. The van der Waals surface area contributed by atoms with Crippen molar-refractivity contribution in [3.05, 3.63) is 53.0 Å². The van der Waals surface area contributed by atoms with E-state index in [1.165, 1.54) is 0 Å². The molecule has 1 aliphatic heterocycles. The van der Waals surface area contributed by atoms with Gasteiger partial charge in [0.05, 0.1) is 19.8 Å². The van der Waals surface area contributed by atoms with Crippen LogP contribution in [0, 0.1) is 0 Å². The highest BCUT2D eigenvalue weighted by atomic mass is 79.9. The van der Waals surface area contributed by atoms with E-state index in [2.05, 4.69) is 26.1 Å². The first-order chi connectivity index (χ1) is 14.6. The van der Waals surface area contributed by atoms with Gasteiger partial charge in [0.2, 0.25) is 0 Å². The molecule has 160 valence electrons. The summed E-state index contributed by atoms with van der Waals surface area (Å²) in [4.78, 5) is 26.0. The summed E-state index contributed by atoms with van der Waals surface area (Å²) in [5, 5.41) is 2.73. The van der Waals surface area contributed by atoms with Crippen molar-refractivity contribution >= 4 is 39.2 Å². The van der Waals surface area contributed by atoms with Crippen LogP contribution in [0.15, 0.2) is 53.0 Å². The summed E-state index contributed by atoms with van der Waals surface area (Å²) in [6.45, 7) is 3.25. The average Bonchev–Trinajstić information content (AvgIpc) is 2.76. The van der Waals surface area contributed by atoms with E-state index in [4.69, 9.17) is 14.2 Å². The highest BCUT2D eigenvalue weighted by molar-refractivity contribution is 9.10. The Hall–Kier alpha value is -2.58. The number of esters is 1. The Kier molecular flexibility index (Phi) is 8.53. The van der Waals surface area contributed by atoms with Crippen LogP contribution in [0.2, 0.25) is 0 Å². The van der Waals surface area contributed by atoms with E-state index in [1.807, 2.05) is 48.5 Å². The van der Waals surface area contributed by atoms with Gasteiger partial charge in [0.15, 0.2) is 6.61 Å². The second kappa shape index (κ2) is 11.6. The molecule has 30 heavy (non-hydrogen) atoms. The topological polar surface area (TPSA) is 77.1 Å². The normalized spacial score (nSPS) is 13.6. The van der Waals surface area contributed by atoms with Crippen molar-refractivity contribution in [1.29, 1.82) is 0 Å². The van der Waals surface area contributed by atoms with Crippen LogP contribution < -0.4 is 15.0 Å². The van der Waals surface area contributed by atoms with Crippen molar-refractivity contribution in [3.8, 4) is 5.75 Å². The molecule has 0 saturated carbocycles. The van der Waals surface area contributed by atoms with E-state index in [0.717, 1.165) is 42.2 Å². The number of amides is 1. The summed E-state index contributed by atoms with van der Waals surface area (Å²) in [6, 6.07) is 15.1. The first-order valence-electron chi connectivity index (χ1n) is 9.87. The molecule has 0 aliphatic carbocycles. The molecular formula is C22H25BrN2O5. The van der Waals surface area contributed by atoms with Crippen molar-refractivity contribution in [3.63, 3.8) is 0 Å². The van der Waals surface area contributed by atoms with Crippen LogP contribution in [0.4, 0.5) is 11.4 Å². The number of benzene rings is 2. The third-order valence-electron chi connectivity index (χ3n) is 4.48. The van der Waals surface area contributed by atoms with E-state index >= 15 is 0 Å². The summed E-state index contributed by atoms with van der Waals surface area (Å²) in [5.41, 5.74) is 1.75. The zero-order valence-corrected chi connectivity index (χ0v) is 18.2. The Labute approximate surface area is 184 Å². The van der Waals surface area contributed by atoms with Gasteiger partial charge in [-0.1, -0.05) is 22.0 Å². The van der Waals surface area contributed by atoms with Gasteiger partial charge in [-0.3, -0.25) is 9.59 Å². The van der Waals surface area contributed by atoms with Crippen LogP contribution in [0.5, 0.6) is 5.75 Å². The van der Waals surface area contributed by atoms with E-state index in [1.54, 1.807) is 0 Å². The molecule has 0 unspecified atom stereocenters. The van der Waals surface area contributed by atoms with Gasteiger partial charge in [-0.05, 0) is 48.9 Å². The van der Waals surface area contributed by atoms with Crippen LogP contribution in [-0.4, -0.2) is 51.4 Å². The fourth-order valence-corrected chi connectivity index (χ4v) is 3.33. The number of rotatable bonds is 9. The summed E-state index contributed by atoms with van der Waals surface area (Å²) in [5.74, 6) is -0.0599. The molecule has 1 fully saturated rings. The molecule has 1 saturated heterocycles. The number of carbonyl (C=O) groups is 2. The Balaban J connectivity index is 1.31. The van der Waals surface area contributed by atoms with Gasteiger partial charge < -0.3 is 24.4 Å². The molecule has 8 heteroatoms. The fourth-order valence-electron chi connectivity index (χ4n) is 2.96. The number of hydrogen-bond donors (Lipinski definition) is 1. The Morgan fingerprint density at radius 2 is 1.87 bits per heavy atom. The minimum absolute atomic E-state index is 0.190. The highest BCUT2D eigenvalue weighted by Gasteiger charge is 2.12. The third-order valence-corrected chi connectivity index (χ3v) is 4.97. The molecule has 2 aromatic rings. The van der Waals surface area contributed by atoms with Crippen molar-refractivity contribution < 1.29 is 23.8 Å². The molecule has 1 heterocycles. The Bertz CT molecular complexity index is 838. The molecule has 0 radical (unpaired) electrons. The monoisotopic (exact) mass is 476 g/mol. The second-order valence-corrected chi connectivity index (χ2v) is 7.68. The summed E-state index contributed by atoms with van der Waals surface area (Å²) in [7, 11) is 0. The first kappa shape index (κ1) is 22.1. The Morgan fingerprint density at radius 1 is 1.10 bits per heavy atom. The molecule has 3 rings (SSSR count). The SMILES string of the molecule is O=C(COC(=O)CCCOc1cccc(Br)c1)Nc1ccc(N2CCOCC2)cc1. The zero-order valence-electron chi connectivity index (χ0n) is 16.6. The van der Waals surface area contributed by atoms with E-state index in [9.17, 15) is 9.59 Å². The van der Waals surface area contributed by atoms with Gasteiger partial charge in [0.25, 0.3) is 5.91 Å². The molecule has 1 N–H and O–H groups in total. The first-order valence-corrected chi connectivity index (χ1v) is 10.7. The summed E-state index contributed by atoms with van der Waals surface area (Å²) < 4.78 is 16.9. The quantitative estimate of drug-likeness (QED) is 0.439. The number of nitrogens with zero attached hydrogens (tertiary/aromatic N) is 1. The number of halogens is 1. The molecule has 0 aromatic heterocycles. The van der Waals surface area contributed by atoms with Gasteiger partial charge in [-0.15, -0.1) is 0 Å². The minimum atomic E-state index is -0.425. The van der Waals surface area contributed by atoms with Crippen LogP contribution in [-0.2, 0) is 19.1 Å². The fraction of sp³-hybridized carbons (Fsp3) is 0.364. The van der Waals surface area contributed by atoms with Crippen LogP contribution in [0.1, 0.15) is 12.8 Å². The minimum Gasteiger partial charge on any atom is -0.494 e. The molecule has 1 amide bonds. The maximum Gasteiger partial charge on any atom is 0.306 e. The Morgan fingerprint density at radius 3 is 2.60 bits per heavy atom. The van der Waals surface area contributed by atoms with E-state index in [-0.39, 0.29) is 18.9 Å². The lowest BCUT2D eigenvalue weighted by Crippen LogP contribution is -2.36. The highest BCUT2D eigenvalue weighted by Crippen LogP contribution is 2.19. The molecular weight excluding hydrogens is 452 g/mol. The van der Waals surface area contributed by atoms with Crippen molar-refractivity contribution in [2.45, 2.75) is 12.8 Å². The van der Waals surface area contributed by atoms with Gasteiger partial charge in [0, 0.05) is 35.4 Å². The lowest BCUT2D eigenvalue weighted by Gasteiger charge is -2.28. The number of anilines is 2. The molecule has 2 aromatic carbocycles. The van der Waals surface area contributed by atoms with Gasteiger partial charge >= 0.3 is 5.97 Å². The van der Waals surface area contributed by atoms with E-state index < -0.39 is 5.97 Å². The maximum atomic E-state index is 12.0. The molecule has 0 bridgehead atoms. The summed E-state index contributed by atoms with van der Waals surface area (Å²) >= 11 is 3.37. The largest absolute Gasteiger partial charge is 0.494 e. The number of ether oxygens (including phenoxy) is 3. The zero-order chi connectivity index (χ0) is 21.2. The third kappa shape index (κ3) is 7.35. The molecule has 0 atom stereocenters. The van der Waals surface area contributed by atoms with E-state index in [0.29, 0.717) is 18.7 Å². The molecule has 0 spiro atoms. The van der Waals surface area contributed by atoms with Gasteiger partial charge in [-0.25, -0.2) is 0 Å². The maximum absolute atomic E-state index is 12.0. The summed E-state index contributed by atoms with van der Waals surface area (Å²) in [6.07, 6.45) is 0.700. The van der Waals surface area contributed by atoms with Crippen LogP contribution in [0.25, 0.3) is 0 Å². The van der Waals surface area contributed by atoms with Crippen molar-refractivity contribution in [1.82, 2.24) is 0 Å². The standard InChI is InChI=1S/C22H25BrN2O5/c23-17-3-1-4-20(15-17)29-12-2-5-22(27)30-16-21(26)24-18-6-8-19(9-7-18)25-10-13-28-14-11-25/h1,3-4,6-9,15H,2,5,10-14,16H2,(H,24,26). The van der Waals surface area contributed by atoms with Gasteiger partial charge in [0.1, 0.15) is 5.75 Å². The van der Waals surface area contributed by atoms with Crippen LogP contribution >= 0.6 is 15.9 Å². The lowest BCUT2D eigenvalue weighted by molar-refractivity contribution is -0.147. The average molecular weight is 477 g/mol. The second-order valence-electron chi connectivity index (χ2n) is 6.76.